The minimum atomic E-state index is -0.377. The van der Waals surface area contributed by atoms with Crippen molar-refractivity contribution >= 4 is 39.4 Å². The average molecular weight is 243 g/mol. The molecule has 0 amide bonds. The number of benzene rings is 1. The number of hydrogen-bond acceptors (Lipinski definition) is 4. The lowest BCUT2D eigenvalue weighted by Crippen LogP contribution is -1.99. The third-order valence-corrected chi connectivity index (χ3v) is 3.51. The molecule has 0 radical (unpaired) electrons. The second-order valence-corrected chi connectivity index (χ2v) is 4.65. The maximum absolute atomic E-state index is 11.4. The molecule has 0 fully saturated rings. The molecule has 2 aromatic rings. The first-order valence-electron chi connectivity index (χ1n) is 5.19. The third-order valence-electron chi connectivity index (χ3n) is 2.53. The van der Waals surface area contributed by atoms with Gasteiger partial charge >= 0.3 is 5.97 Å². The van der Waals surface area contributed by atoms with Crippen molar-refractivity contribution in [3.05, 3.63) is 40.9 Å². The Morgan fingerprint density at radius 1 is 1.35 bits per heavy atom. The molecule has 0 aliphatic carbocycles. The van der Waals surface area contributed by atoms with E-state index < -0.39 is 0 Å². The normalized spacial score (nSPS) is 17.6. The lowest BCUT2D eigenvalue weighted by Gasteiger charge is -1.92. The van der Waals surface area contributed by atoms with Gasteiger partial charge in [-0.15, -0.1) is 11.3 Å². The fourth-order valence-corrected chi connectivity index (χ4v) is 2.69. The monoisotopic (exact) mass is 243 g/mol. The number of nitrogens with zero attached hydrogens (tertiary/aromatic N) is 1. The summed E-state index contributed by atoms with van der Waals surface area (Å²) >= 11 is 1.65. The van der Waals surface area contributed by atoms with E-state index in [-0.39, 0.29) is 5.97 Å². The predicted octanol–water partition coefficient (Wildman–Crippen LogP) is 3.22. The van der Waals surface area contributed by atoms with Crippen molar-refractivity contribution in [1.82, 2.24) is 0 Å². The Labute approximate surface area is 102 Å². The van der Waals surface area contributed by atoms with E-state index in [4.69, 9.17) is 4.74 Å². The van der Waals surface area contributed by atoms with E-state index in [0.717, 1.165) is 10.9 Å². The summed E-state index contributed by atoms with van der Waals surface area (Å²) in [6.07, 6.45) is 1.78. The van der Waals surface area contributed by atoms with Gasteiger partial charge in [-0.25, -0.2) is 9.79 Å². The van der Waals surface area contributed by atoms with Gasteiger partial charge in [-0.2, -0.15) is 0 Å². The van der Waals surface area contributed by atoms with Crippen LogP contribution in [0.15, 0.2) is 40.3 Å². The van der Waals surface area contributed by atoms with E-state index in [1.165, 1.54) is 4.70 Å². The fourth-order valence-electron chi connectivity index (χ4n) is 1.77. The Hall–Kier alpha value is -1.94. The van der Waals surface area contributed by atoms with E-state index in [1.807, 2.05) is 23.6 Å². The zero-order valence-corrected chi connectivity index (χ0v) is 9.95. The zero-order chi connectivity index (χ0) is 11.8. The molecular weight excluding hydrogens is 234 g/mol. The second-order valence-electron chi connectivity index (χ2n) is 3.74. The molecular formula is C13H9NO2S. The van der Waals surface area contributed by atoms with Crippen LogP contribution in [0.4, 0.5) is 0 Å². The number of aliphatic imine (C=N–C) groups is 1. The van der Waals surface area contributed by atoms with Gasteiger partial charge in [0.2, 0.25) is 0 Å². The standard InChI is InChI=1S/C13H9NO2S/c1-8-14-11(13(15)16-8)6-9-7-17-12-5-3-2-4-10(9)12/h2-7H,1H3. The molecule has 0 saturated heterocycles. The van der Waals surface area contributed by atoms with Gasteiger partial charge in [-0.1, -0.05) is 18.2 Å². The number of rotatable bonds is 1. The summed E-state index contributed by atoms with van der Waals surface area (Å²) in [5.41, 5.74) is 1.38. The average Bonchev–Trinajstić information content (AvgIpc) is 2.85. The summed E-state index contributed by atoms with van der Waals surface area (Å²) in [4.78, 5) is 15.5. The minimum Gasteiger partial charge on any atom is -0.407 e. The van der Waals surface area contributed by atoms with Crippen LogP contribution in [0.3, 0.4) is 0 Å². The Bertz CT molecular complexity index is 667. The fraction of sp³-hybridized carbons (Fsp3) is 0.0769. The predicted molar refractivity (Wildman–Crippen MR) is 69.0 cm³/mol. The summed E-state index contributed by atoms with van der Waals surface area (Å²) in [5.74, 6) is 0.0265. The molecule has 0 saturated carbocycles. The molecule has 0 N–H and O–H groups in total. The van der Waals surface area contributed by atoms with Crippen molar-refractivity contribution in [3.63, 3.8) is 0 Å². The molecule has 3 rings (SSSR count). The number of carbonyl (C=O) groups is 1. The molecule has 2 heterocycles. The first kappa shape index (κ1) is 10.2. The van der Waals surface area contributed by atoms with Crippen molar-refractivity contribution < 1.29 is 9.53 Å². The van der Waals surface area contributed by atoms with Crippen molar-refractivity contribution in [2.45, 2.75) is 6.92 Å². The van der Waals surface area contributed by atoms with Crippen LogP contribution in [0.2, 0.25) is 0 Å². The quantitative estimate of drug-likeness (QED) is 0.569. The zero-order valence-electron chi connectivity index (χ0n) is 9.14. The molecule has 1 aliphatic heterocycles. The Balaban J connectivity index is 2.11. The lowest BCUT2D eigenvalue weighted by atomic mass is 10.1. The molecule has 17 heavy (non-hydrogen) atoms. The molecule has 0 spiro atoms. The van der Waals surface area contributed by atoms with E-state index in [1.54, 1.807) is 24.3 Å². The van der Waals surface area contributed by atoms with Gasteiger partial charge < -0.3 is 4.74 Å². The van der Waals surface area contributed by atoms with Gasteiger partial charge in [0.05, 0.1) is 0 Å². The molecule has 1 aliphatic rings. The van der Waals surface area contributed by atoms with Gasteiger partial charge in [0.15, 0.2) is 11.6 Å². The number of thiophene rings is 1. The molecule has 0 unspecified atom stereocenters. The highest BCUT2D eigenvalue weighted by Gasteiger charge is 2.19. The maximum atomic E-state index is 11.4. The molecule has 1 aromatic heterocycles. The molecule has 84 valence electrons. The van der Waals surface area contributed by atoms with Crippen LogP contribution in [0.1, 0.15) is 12.5 Å². The van der Waals surface area contributed by atoms with Crippen LogP contribution >= 0.6 is 11.3 Å². The summed E-state index contributed by atoms with van der Waals surface area (Å²) in [6.45, 7) is 1.67. The third kappa shape index (κ3) is 1.76. The largest absolute Gasteiger partial charge is 0.407 e. The lowest BCUT2D eigenvalue weighted by molar-refractivity contribution is -0.130. The summed E-state index contributed by atoms with van der Waals surface area (Å²) in [7, 11) is 0. The SMILES string of the molecule is CC1=NC(=Cc2csc3ccccc23)C(=O)O1. The summed E-state index contributed by atoms with van der Waals surface area (Å²) in [5, 5.41) is 3.16. The highest BCUT2D eigenvalue weighted by Crippen LogP contribution is 2.28. The number of esters is 1. The van der Waals surface area contributed by atoms with Gasteiger partial charge in [0.1, 0.15) is 0 Å². The van der Waals surface area contributed by atoms with Crippen LogP contribution in [0.5, 0.6) is 0 Å². The van der Waals surface area contributed by atoms with Crippen LogP contribution in [-0.4, -0.2) is 11.9 Å². The van der Waals surface area contributed by atoms with Crippen molar-refractivity contribution in [2.75, 3.05) is 0 Å². The topological polar surface area (TPSA) is 38.7 Å². The summed E-state index contributed by atoms with van der Waals surface area (Å²) < 4.78 is 6.08. The van der Waals surface area contributed by atoms with Gasteiger partial charge in [-0.3, -0.25) is 0 Å². The Kier molecular flexibility index (Phi) is 2.30. The van der Waals surface area contributed by atoms with Gasteiger partial charge in [-0.05, 0) is 28.5 Å². The summed E-state index contributed by atoms with van der Waals surface area (Å²) in [6, 6.07) is 8.08. The Morgan fingerprint density at radius 2 is 2.18 bits per heavy atom. The molecule has 4 heteroatoms. The maximum Gasteiger partial charge on any atom is 0.363 e. The van der Waals surface area contributed by atoms with Crippen LogP contribution in [-0.2, 0) is 9.53 Å². The highest BCUT2D eigenvalue weighted by molar-refractivity contribution is 7.17. The smallest absolute Gasteiger partial charge is 0.363 e. The van der Waals surface area contributed by atoms with E-state index in [9.17, 15) is 4.79 Å². The van der Waals surface area contributed by atoms with Crippen LogP contribution < -0.4 is 0 Å². The second kappa shape index (κ2) is 3.82. The van der Waals surface area contributed by atoms with Crippen molar-refractivity contribution in [3.8, 4) is 0 Å². The number of fused-ring (bicyclic) bond motifs is 1. The molecule has 3 nitrogen and oxygen atoms in total. The first-order valence-corrected chi connectivity index (χ1v) is 6.07. The van der Waals surface area contributed by atoms with Crippen LogP contribution in [0.25, 0.3) is 16.2 Å². The molecule has 0 atom stereocenters. The molecule has 0 bridgehead atoms. The van der Waals surface area contributed by atoms with E-state index in [0.29, 0.717) is 11.6 Å². The Morgan fingerprint density at radius 3 is 2.94 bits per heavy atom. The first-order chi connectivity index (χ1) is 8.24. The van der Waals surface area contributed by atoms with Crippen LogP contribution in [0, 0.1) is 0 Å². The van der Waals surface area contributed by atoms with Gasteiger partial charge in [0.25, 0.3) is 0 Å². The number of ether oxygens (including phenoxy) is 1. The van der Waals surface area contributed by atoms with Crippen molar-refractivity contribution in [1.29, 1.82) is 0 Å². The highest BCUT2D eigenvalue weighted by atomic mass is 32.1. The number of hydrogen-bond donors (Lipinski definition) is 0. The number of carbonyl (C=O) groups excluding carboxylic acids is 1. The van der Waals surface area contributed by atoms with E-state index in [2.05, 4.69) is 11.1 Å². The number of cyclic esters (lactones) is 1. The van der Waals surface area contributed by atoms with Gasteiger partial charge in [0, 0.05) is 11.6 Å². The van der Waals surface area contributed by atoms with E-state index >= 15 is 0 Å². The molecule has 1 aromatic carbocycles. The minimum absolute atomic E-state index is 0.367. The van der Waals surface area contributed by atoms with Crippen molar-refractivity contribution in [2.24, 2.45) is 4.99 Å².